The van der Waals surface area contributed by atoms with Crippen LogP contribution in [0.1, 0.15) is 5.56 Å². The van der Waals surface area contributed by atoms with Crippen molar-refractivity contribution in [1.29, 1.82) is 0 Å². The molecule has 1 N–H and O–H groups in total. The molecule has 0 fully saturated rings. The lowest BCUT2D eigenvalue weighted by molar-refractivity contribution is 0.639. The molecule has 0 bridgehead atoms. The van der Waals surface area contributed by atoms with Crippen LogP contribution in [0.25, 0.3) is 16.6 Å². The van der Waals surface area contributed by atoms with E-state index >= 15 is 0 Å². The Hall–Kier alpha value is -1.97. The van der Waals surface area contributed by atoms with E-state index in [-0.39, 0.29) is 5.82 Å². The zero-order valence-corrected chi connectivity index (χ0v) is 7.42. The summed E-state index contributed by atoms with van der Waals surface area (Å²) in [5.41, 5.74) is 1.68. The summed E-state index contributed by atoms with van der Waals surface area (Å²) < 4.78 is 13.4. The number of nitrogens with one attached hydrogen (secondary N) is 1. The molecule has 4 heteroatoms. The molecule has 70 valence electrons. The number of rotatable bonds is 2. The SMILES string of the molecule is C=NC(=C)c1cc(F)c2cn[nH]c2c1. The highest BCUT2D eigenvalue weighted by molar-refractivity contribution is 5.83. The normalized spacial score (nSPS) is 10.4. The van der Waals surface area contributed by atoms with Crippen LogP contribution in [0.2, 0.25) is 0 Å². The molecule has 0 unspecified atom stereocenters. The van der Waals surface area contributed by atoms with Crippen molar-refractivity contribution >= 4 is 23.3 Å². The van der Waals surface area contributed by atoms with Gasteiger partial charge in [-0.3, -0.25) is 10.1 Å². The molecule has 2 rings (SSSR count). The fourth-order valence-corrected chi connectivity index (χ4v) is 1.27. The Balaban J connectivity index is 2.69. The first kappa shape index (κ1) is 8.62. The third-order valence-electron chi connectivity index (χ3n) is 2.03. The van der Waals surface area contributed by atoms with Crippen molar-refractivity contribution in [1.82, 2.24) is 10.2 Å². The van der Waals surface area contributed by atoms with Gasteiger partial charge in [-0.05, 0) is 18.9 Å². The maximum absolute atomic E-state index is 13.4. The number of aromatic amines is 1. The lowest BCUT2D eigenvalue weighted by atomic mass is 10.1. The number of H-pyrrole nitrogens is 1. The molecule has 0 amide bonds. The summed E-state index contributed by atoms with van der Waals surface area (Å²) in [5.74, 6) is -0.337. The lowest BCUT2D eigenvalue weighted by Crippen LogP contribution is -1.83. The van der Waals surface area contributed by atoms with E-state index in [2.05, 4.69) is 28.5 Å². The molecule has 0 spiro atoms. The zero-order valence-electron chi connectivity index (χ0n) is 7.42. The van der Waals surface area contributed by atoms with Crippen molar-refractivity contribution in [2.75, 3.05) is 0 Å². The van der Waals surface area contributed by atoms with Gasteiger partial charge < -0.3 is 0 Å². The van der Waals surface area contributed by atoms with Crippen LogP contribution in [0.3, 0.4) is 0 Å². The molecular formula is C10H8FN3. The molecule has 0 aliphatic heterocycles. The van der Waals surface area contributed by atoms with Gasteiger partial charge in [0.15, 0.2) is 0 Å². The number of aromatic nitrogens is 2. The molecule has 1 aromatic heterocycles. The molecule has 0 atom stereocenters. The van der Waals surface area contributed by atoms with E-state index in [4.69, 9.17) is 0 Å². The lowest BCUT2D eigenvalue weighted by Gasteiger charge is -2.00. The summed E-state index contributed by atoms with van der Waals surface area (Å²) in [6, 6.07) is 3.11. The second-order valence-electron chi connectivity index (χ2n) is 2.89. The molecule has 1 heterocycles. The summed E-state index contributed by atoms with van der Waals surface area (Å²) in [7, 11) is 0. The van der Waals surface area contributed by atoms with Crippen LogP contribution in [-0.2, 0) is 0 Å². The molecular weight excluding hydrogens is 181 g/mol. The molecule has 3 nitrogen and oxygen atoms in total. The minimum absolute atomic E-state index is 0.337. The van der Waals surface area contributed by atoms with E-state index in [9.17, 15) is 4.39 Å². The van der Waals surface area contributed by atoms with Crippen LogP contribution in [0.15, 0.2) is 29.9 Å². The van der Waals surface area contributed by atoms with Crippen LogP contribution >= 0.6 is 0 Å². The van der Waals surface area contributed by atoms with Crippen LogP contribution in [0.4, 0.5) is 4.39 Å². The topological polar surface area (TPSA) is 41.0 Å². The Kier molecular flexibility index (Phi) is 1.89. The van der Waals surface area contributed by atoms with E-state index in [1.165, 1.54) is 12.3 Å². The molecule has 14 heavy (non-hydrogen) atoms. The van der Waals surface area contributed by atoms with Crippen molar-refractivity contribution in [3.8, 4) is 0 Å². The third kappa shape index (κ3) is 1.21. The first-order chi connectivity index (χ1) is 6.72. The molecule has 0 aliphatic rings. The number of fused-ring (bicyclic) bond motifs is 1. The summed E-state index contributed by atoms with van der Waals surface area (Å²) in [6.07, 6.45) is 1.44. The van der Waals surface area contributed by atoms with Gasteiger partial charge in [0, 0.05) is 5.56 Å². The maximum Gasteiger partial charge on any atom is 0.134 e. The van der Waals surface area contributed by atoms with Crippen molar-refractivity contribution in [3.63, 3.8) is 0 Å². The Morgan fingerprint density at radius 2 is 2.29 bits per heavy atom. The summed E-state index contributed by atoms with van der Waals surface area (Å²) >= 11 is 0. The maximum atomic E-state index is 13.4. The van der Waals surface area contributed by atoms with Gasteiger partial charge in [0.25, 0.3) is 0 Å². The van der Waals surface area contributed by atoms with Gasteiger partial charge in [0.1, 0.15) is 5.82 Å². The summed E-state index contributed by atoms with van der Waals surface area (Å²) in [5, 5.41) is 6.90. The first-order valence-electron chi connectivity index (χ1n) is 4.01. The molecule has 1 aromatic carbocycles. The number of hydrogen-bond donors (Lipinski definition) is 1. The second kappa shape index (κ2) is 3.06. The predicted octanol–water partition coefficient (Wildman–Crippen LogP) is 2.37. The fraction of sp³-hybridized carbons (Fsp3) is 0. The number of nitrogens with zero attached hydrogens (tertiary/aromatic N) is 2. The fourth-order valence-electron chi connectivity index (χ4n) is 1.27. The van der Waals surface area contributed by atoms with Crippen molar-refractivity contribution in [3.05, 3.63) is 36.3 Å². The third-order valence-corrected chi connectivity index (χ3v) is 2.03. The Morgan fingerprint density at radius 3 is 3.00 bits per heavy atom. The second-order valence-corrected chi connectivity index (χ2v) is 2.89. The van der Waals surface area contributed by atoms with E-state index in [0.717, 1.165) is 0 Å². The molecule has 0 saturated heterocycles. The van der Waals surface area contributed by atoms with Gasteiger partial charge in [0.05, 0.1) is 22.8 Å². The Morgan fingerprint density at radius 1 is 1.50 bits per heavy atom. The zero-order chi connectivity index (χ0) is 10.1. The number of hydrogen-bond acceptors (Lipinski definition) is 2. The number of halogens is 1. The van der Waals surface area contributed by atoms with E-state index in [0.29, 0.717) is 22.2 Å². The van der Waals surface area contributed by atoms with Crippen LogP contribution in [0.5, 0.6) is 0 Å². The van der Waals surface area contributed by atoms with E-state index < -0.39 is 0 Å². The van der Waals surface area contributed by atoms with Gasteiger partial charge in [-0.1, -0.05) is 6.58 Å². The highest BCUT2D eigenvalue weighted by Crippen LogP contribution is 2.22. The summed E-state index contributed by atoms with van der Waals surface area (Å²) in [6.45, 7) is 6.98. The predicted molar refractivity (Wildman–Crippen MR) is 54.6 cm³/mol. The van der Waals surface area contributed by atoms with Crippen molar-refractivity contribution in [2.45, 2.75) is 0 Å². The highest BCUT2D eigenvalue weighted by atomic mass is 19.1. The van der Waals surface area contributed by atoms with Crippen LogP contribution < -0.4 is 0 Å². The van der Waals surface area contributed by atoms with E-state index in [1.807, 2.05) is 0 Å². The monoisotopic (exact) mass is 189 g/mol. The Labute approximate surface area is 80.0 Å². The van der Waals surface area contributed by atoms with Gasteiger partial charge in [0.2, 0.25) is 0 Å². The van der Waals surface area contributed by atoms with E-state index in [1.54, 1.807) is 6.07 Å². The number of benzene rings is 1. The van der Waals surface area contributed by atoms with Gasteiger partial charge in [-0.2, -0.15) is 5.10 Å². The molecule has 0 aliphatic carbocycles. The van der Waals surface area contributed by atoms with Gasteiger partial charge in [-0.25, -0.2) is 4.39 Å². The van der Waals surface area contributed by atoms with Crippen LogP contribution in [0, 0.1) is 5.82 Å². The molecule has 2 aromatic rings. The standard InChI is InChI=1S/C10H8FN3/c1-6(12-2)7-3-9(11)8-5-13-14-10(8)4-7/h3-5H,1-2H2,(H,13,14). The van der Waals surface area contributed by atoms with Crippen molar-refractivity contribution < 1.29 is 4.39 Å². The average Bonchev–Trinajstić information content (AvgIpc) is 2.64. The largest absolute Gasteiger partial charge is 0.278 e. The average molecular weight is 189 g/mol. The van der Waals surface area contributed by atoms with Gasteiger partial charge >= 0.3 is 0 Å². The summed E-state index contributed by atoms with van der Waals surface area (Å²) in [4.78, 5) is 3.65. The minimum Gasteiger partial charge on any atom is -0.278 e. The highest BCUT2D eigenvalue weighted by Gasteiger charge is 2.06. The first-order valence-corrected chi connectivity index (χ1v) is 4.01. The smallest absolute Gasteiger partial charge is 0.134 e. The number of aliphatic imine (C=N–C) groups is 1. The molecule has 0 radical (unpaired) electrons. The van der Waals surface area contributed by atoms with Crippen molar-refractivity contribution in [2.24, 2.45) is 4.99 Å². The molecule has 0 saturated carbocycles. The minimum atomic E-state index is -0.337. The van der Waals surface area contributed by atoms with Gasteiger partial charge in [-0.15, -0.1) is 0 Å². The quantitative estimate of drug-likeness (QED) is 0.724. The Bertz CT molecular complexity index is 513. The van der Waals surface area contributed by atoms with Crippen LogP contribution in [-0.4, -0.2) is 16.9 Å².